The summed E-state index contributed by atoms with van der Waals surface area (Å²) in [7, 11) is 5.33. The molecule has 8 heteroatoms. The second-order valence-electron chi connectivity index (χ2n) is 12.3. The number of thiophene rings is 1. The van der Waals surface area contributed by atoms with Crippen LogP contribution in [0.5, 0.6) is 11.5 Å². The number of aryl methyl sites for hydroxylation is 1. The molecule has 1 fully saturated rings. The number of unbranched alkanes of at least 4 members (excludes halogenated alkanes) is 5. The van der Waals surface area contributed by atoms with Gasteiger partial charge in [-0.1, -0.05) is 56.4 Å². The zero-order valence-corrected chi connectivity index (χ0v) is 28.5. The van der Waals surface area contributed by atoms with Crippen LogP contribution in [0, 0.1) is 0 Å². The highest BCUT2D eigenvalue weighted by molar-refractivity contribution is 7.10. The van der Waals surface area contributed by atoms with Crippen LogP contribution in [0.1, 0.15) is 87.0 Å². The van der Waals surface area contributed by atoms with Gasteiger partial charge in [-0.3, -0.25) is 0 Å². The van der Waals surface area contributed by atoms with Gasteiger partial charge in [0.2, 0.25) is 0 Å². The molecule has 0 amide bonds. The molecule has 1 aliphatic heterocycles. The number of ether oxygens (including phenoxy) is 2. The maximum Gasteiger partial charge on any atom is 0.162 e. The molecular formula is C37H51N5O2S. The van der Waals surface area contributed by atoms with Gasteiger partial charge in [0.15, 0.2) is 11.5 Å². The molecule has 2 N–H and O–H groups in total. The van der Waals surface area contributed by atoms with Gasteiger partial charge < -0.3 is 25.0 Å². The first-order valence-electron chi connectivity index (χ1n) is 16.8. The summed E-state index contributed by atoms with van der Waals surface area (Å²) in [6.07, 6.45) is 12.6. The summed E-state index contributed by atoms with van der Waals surface area (Å²) in [5.74, 6) is 3.08. The van der Waals surface area contributed by atoms with Crippen molar-refractivity contribution in [2.24, 2.45) is 0 Å². The van der Waals surface area contributed by atoms with E-state index in [-0.39, 0.29) is 6.04 Å². The second kappa shape index (κ2) is 16.9. The van der Waals surface area contributed by atoms with Crippen LogP contribution in [-0.2, 0) is 13.0 Å². The van der Waals surface area contributed by atoms with Crippen LogP contribution in [-0.4, -0.2) is 55.8 Å². The molecule has 7 nitrogen and oxygen atoms in total. The topological polar surface area (TPSA) is 71.5 Å². The first-order chi connectivity index (χ1) is 22.1. The lowest BCUT2D eigenvalue weighted by Gasteiger charge is -2.26. The molecule has 0 aliphatic carbocycles. The quantitative estimate of drug-likeness (QED) is 0.113. The lowest BCUT2D eigenvalue weighted by Crippen LogP contribution is -2.30. The maximum atomic E-state index is 5.64. The molecule has 0 radical (unpaired) electrons. The van der Waals surface area contributed by atoms with Gasteiger partial charge in [-0.2, -0.15) is 0 Å². The molecule has 1 saturated heterocycles. The van der Waals surface area contributed by atoms with Gasteiger partial charge in [0.05, 0.1) is 25.8 Å². The zero-order chi connectivity index (χ0) is 31.4. The molecule has 1 aliphatic rings. The fourth-order valence-electron chi connectivity index (χ4n) is 6.38. The Labute approximate surface area is 273 Å². The smallest absolute Gasteiger partial charge is 0.162 e. The van der Waals surface area contributed by atoms with Crippen molar-refractivity contribution in [3.05, 3.63) is 64.1 Å². The number of aromatic nitrogens is 2. The summed E-state index contributed by atoms with van der Waals surface area (Å²) in [4.78, 5) is 14.0. The summed E-state index contributed by atoms with van der Waals surface area (Å²) >= 11 is 1.78. The van der Waals surface area contributed by atoms with E-state index in [4.69, 9.17) is 19.4 Å². The lowest BCUT2D eigenvalue weighted by molar-refractivity contribution is 0.224. The Morgan fingerprint density at radius 2 is 1.62 bits per heavy atom. The standard InChI is InChI=1S/C37H51N5O2S/c1-27(35-22-29(26-45-35)30-17-12-11-16-28(30)25-38-2)39-37-31-23-33(43-3)34(44-4)24-32(31)40-36(41-37)18-10-7-5-6-8-13-19-42-20-14-9-15-21-42/h11-12,16-17,22-24,26-27,38H,5-10,13-15,18-21,25H2,1-4H3,(H,39,40,41)/t27-/m1/s1. The van der Waals surface area contributed by atoms with Crippen molar-refractivity contribution in [1.29, 1.82) is 0 Å². The molecule has 242 valence electrons. The minimum atomic E-state index is 0.0733. The fourth-order valence-corrected chi connectivity index (χ4v) is 7.29. The normalized spacial score (nSPS) is 14.5. The third-order valence-electron chi connectivity index (χ3n) is 8.92. The number of likely N-dealkylation sites (tertiary alicyclic amines) is 1. The largest absolute Gasteiger partial charge is 0.493 e. The molecule has 0 saturated carbocycles. The molecule has 2 aromatic heterocycles. The first kappa shape index (κ1) is 33.2. The molecule has 2 aromatic carbocycles. The van der Waals surface area contributed by atoms with Gasteiger partial charge >= 0.3 is 0 Å². The van der Waals surface area contributed by atoms with E-state index in [2.05, 4.69) is 58.2 Å². The average molecular weight is 630 g/mol. The van der Waals surface area contributed by atoms with Crippen molar-refractivity contribution in [3.63, 3.8) is 0 Å². The molecule has 4 aromatic rings. The number of hydrogen-bond acceptors (Lipinski definition) is 8. The van der Waals surface area contributed by atoms with Crippen LogP contribution in [0.3, 0.4) is 0 Å². The Bertz CT molecular complexity index is 1500. The Balaban J connectivity index is 1.25. The van der Waals surface area contributed by atoms with Crippen molar-refractivity contribution in [2.75, 3.05) is 46.2 Å². The number of anilines is 1. The van der Waals surface area contributed by atoms with Gasteiger partial charge in [-0.05, 0) is 93.5 Å². The molecule has 5 rings (SSSR count). The monoisotopic (exact) mass is 629 g/mol. The Hall–Kier alpha value is -3.20. The van der Waals surface area contributed by atoms with Crippen molar-refractivity contribution in [1.82, 2.24) is 20.2 Å². The van der Waals surface area contributed by atoms with Crippen LogP contribution in [0.4, 0.5) is 5.82 Å². The molecule has 0 bridgehead atoms. The highest BCUT2D eigenvalue weighted by atomic mass is 32.1. The third kappa shape index (κ3) is 8.96. The number of methoxy groups -OCH3 is 2. The highest BCUT2D eigenvalue weighted by Crippen LogP contribution is 2.37. The fraction of sp³-hybridized carbons (Fsp3) is 0.514. The predicted molar refractivity (Wildman–Crippen MR) is 189 cm³/mol. The van der Waals surface area contributed by atoms with E-state index in [9.17, 15) is 0 Å². The zero-order valence-electron chi connectivity index (χ0n) is 27.7. The van der Waals surface area contributed by atoms with E-state index in [0.717, 1.165) is 41.9 Å². The number of hydrogen-bond donors (Lipinski definition) is 2. The number of nitrogens with zero attached hydrogens (tertiary/aromatic N) is 3. The summed E-state index contributed by atoms with van der Waals surface area (Å²) in [5.41, 5.74) is 4.70. The number of piperidine rings is 1. The van der Waals surface area contributed by atoms with E-state index in [0.29, 0.717) is 11.5 Å². The second-order valence-corrected chi connectivity index (χ2v) is 13.2. The summed E-state index contributed by atoms with van der Waals surface area (Å²) in [6.45, 7) is 6.94. The van der Waals surface area contributed by atoms with Crippen LogP contribution in [0.25, 0.3) is 22.0 Å². The molecule has 0 spiro atoms. The van der Waals surface area contributed by atoms with E-state index in [1.54, 1.807) is 25.6 Å². The summed E-state index contributed by atoms with van der Waals surface area (Å²) in [5, 5.41) is 10.2. The van der Waals surface area contributed by atoms with Gasteiger partial charge in [-0.25, -0.2) is 9.97 Å². The first-order valence-corrected chi connectivity index (χ1v) is 17.7. The summed E-state index contributed by atoms with van der Waals surface area (Å²) < 4.78 is 11.3. The van der Waals surface area contributed by atoms with Crippen molar-refractivity contribution < 1.29 is 9.47 Å². The van der Waals surface area contributed by atoms with Crippen molar-refractivity contribution in [3.8, 4) is 22.6 Å². The minimum Gasteiger partial charge on any atom is -0.493 e. The molecule has 3 heterocycles. The number of fused-ring (bicyclic) bond motifs is 1. The number of nitrogens with one attached hydrogen (secondary N) is 2. The Morgan fingerprint density at radius 1 is 0.889 bits per heavy atom. The maximum absolute atomic E-state index is 5.64. The summed E-state index contributed by atoms with van der Waals surface area (Å²) in [6, 6.07) is 14.9. The van der Waals surface area contributed by atoms with Crippen LogP contribution < -0.4 is 20.1 Å². The Kier molecular flexibility index (Phi) is 12.5. The third-order valence-corrected chi connectivity index (χ3v) is 10.0. The van der Waals surface area contributed by atoms with Crippen molar-refractivity contribution >= 4 is 28.1 Å². The number of benzene rings is 2. The molecule has 45 heavy (non-hydrogen) atoms. The average Bonchev–Trinajstić information content (AvgIpc) is 3.57. The molecule has 1 atom stereocenters. The molecule has 0 unspecified atom stereocenters. The number of rotatable bonds is 17. The highest BCUT2D eigenvalue weighted by Gasteiger charge is 2.17. The SMILES string of the molecule is CNCc1ccccc1-c1csc([C@@H](C)Nc2nc(CCCCCCCCN3CCCCC3)nc3cc(OC)c(OC)cc23)c1. The van der Waals surface area contributed by atoms with Gasteiger partial charge in [0, 0.05) is 29.3 Å². The van der Waals surface area contributed by atoms with E-state index < -0.39 is 0 Å². The van der Waals surface area contributed by atoms with Crippen LogP contribution >= 0.6 is 11.3 Å². The predicted octanol–water partition coefficient (Wildman–Crippen LogP) is 8.64. The minimum absolute atomic E-state index is 0.0733. The molecular weight excluding hydrogens is 579 g/mol. The van der Waals surface area contributed by atoms with Crippen molar-refractivity contribution in [2.45, 2.75) is 83.7 Å². The Morgan fingerprint density at radius 3 is 2.40 bits per heavy atom. The van der Waals surface area contributed by atoms with Gasteiger partial charge in [0.1, 0.15) is 11.6 Å². The van der Waals surface area contributed by atoms with Gasteiger partial charge in [0.25, 0.3) is 0 Å². The van der Waals surface area contributed by atoms with Crippen LogP contribution in [0.15, 0.2) is 47.8 Å². The van der Waals surface area contributed by atoms with Gasteiger partial charge in [-0.15, -0.1) is 11.3 Å². The van der Waals surface area contributed by atoms with E-state index >= 15 is 0 Å². The van der Waals surface area contributed by atoms with E-state index in [1.165, 1.54) is 92.6 Å². The van der Waals surface area contributed by atoms with E-state index in [1.807, 2.05) is 19.2 Å². The van der Waals surface area contributed by atoms with Crippen LogP contribution in [0.2, 0.25) is 0 Å². The lowest BCUT2D eigenvalue weighted by atomic mass is 10.0.